The van der Waals surface area contributed by atoms with E-state index >= 15 is 0 Å². The molecule has 1 heterocycles. The van der Waals surface area contributed by atoms with Crippen LogP contribution in [0.15, 0.2) is 12.3 Å². The van der Waals surface area contributed by atoms with Gasteiger partial charge in [0.25, 0.3) is 0 Å². The van der Waals surface area contributed by atoms with Crippen LogP contribution in [0.3, 0.4) is 0 Å². The molecule has 0 aromatic heterocycles. The Labute approximate surface area is 132 Å². The lowest BCUT2D eigenvalue weighted by Crippen LogP contribution is -2.52. The molecule has 0 aromatic carbocycles. The van der Waals surface area contributed by atoms with Crippen LogP contribution in [0.5, 0.6) is 0 Å². The number of amides is 1. The molecule has 0 saturated carbocycles. The van der Waals surface area contributed by atoms with Crippen molar-refractivity contribution >= 4 is 11.9 Å². The number of rotatable bonds is 7. The Morgan fingerprint density at radius 2 is 2.05 bits per heavy atom. The van der Waals surface area contributed by atoms with E-state index in [9.17, 15) is 14.7 Å². The summed E-state index contributed by atoms with van der Waals surface area (Å²) in [6, 6.07) is 0. The topological polar surface area (TPSA) is 76.1 Å². The summed E-state index contributed by atoms with van der Waals surface area (Å²) < 4.78 is 10.6. The first kappa shape index (κ1) is 18.5. The maximum atomic E-state index is 12.5. The predicted octanol–water partition coefficient (Wildman–Crippen LogP) is 2.25. The minimum absolute atomic E-state index is 0.00196. The normalized spacial score (nSPS) is 22.3. The van der Waals surface area contributed by atoms with Gasteiger partial charge in [0.1, 0.15) is 5.92 Å². The zero-order valence-corrected chi connectivity index (χ0v) is 13.9. The third-order valence-electron chi connectivity index (χ3n) is 4.20. The molecule has 1 N–H and O–H groups in total. The average Bonchev–Trinajstić information content (AvgIpc) is 2.46. The van der Waals surface area contributed by atoms with Crippen molar-refractivity contribution in [3.05, 3.63) is 12.3 Å². The van der Waals surface area contributed by atoms with E-state index in [1.165, 1.54) is 0 Å². The molecule has 1 rings (SSSR count). The summed E-state index contributed by atoms with van der Waals surface area (Å²) in [5.74, 6) is -1.17. The van der Waals surface area contributed by atoms with E-state index in [-0.39, 0.29) is 19.2 Å². The lowest BCUT2D eigenvalue weighted by atomic mass is 9.86. The molecule has 1 fully saturated rings. The van der Waals surface area contributed by atoms with Crippen molar-refractivity contribution in [2.45, 2.75) is 46.6 Å². The van der Waals surface area contributed by atoms with Crippen molar-refractivity contribution in [2.24, 2.45) is 11.3 Å². The number of carbonyl (C=O) groups excluding carboxylic acids is 1. The van der Waals surface area contributed by atoms with E-state index in [0.29, 0.717) is 25.1 Å². The molecule has 0 radical (unpaired) electrons. The zero-order valence-electron chi connectivity index (χ0n) is 13.9. The molecule has 0 aromatic rings. The fourth-order valence-electron chi connectivity index (χ4n) is 2.35. The number of hydrogen-bond acceptors (Lipinski definition) is 4. The number of ether oxygens (including phenoxy) is 2. The number of piperidine rings is 1. The minimum Gasteiger partial charge on any atom is -0.481 e. The third-order valence-corrected chi connectivity index (χ3v) is 4.20. The highest BCUT2D eigenvalue weighted by molar-refractivity contribution is 5.83. The molecule has 1 aliphatic heterocycles. The third kappa shape index (κ3) is 4.73. The average molecular weight is 313 g/mol. The van der Waals surface area contributed by atoms with Crippen LogP contribution in [0, 0.1) is 11.3 Å². The number of allylic oxidation sites excluding steroid dienone is 1. The van der Waals surface area contributed by atoms with Crippen molar-refractivity contribution in [1.82, 2.24) is 4.90 Å². The van der Waals surface area contributed by atoms with E-state index in [0.717, 1.165) is 0 Å². The molecule has 22 heavy (non-hydrogen) atoms. The first-order valence-corrected chi connectivity index (χ1v) is 7.61. The Morgan fingerprint density at radius 3 is 2.55 bits per heavy atom. The van der Waals surface area contributed by atoms with E-state index in [1.54, 1.807) is 11.8 Å². The van der Waals surface area contributed by atoms with E-state index < -0.39 is 23.4 Å². The highest BCUT2D eigenvalue weighted by Crippen LogP contribution is 2.28. The van der Waals surface area contributed by atoms with E-state index in [2.05, 4.69) is 6.58 Å². The van der Waals surface area contributed by atoms with Crippen LogP contribution in [0.2, 0.25) is 0 Å². The van der Waals surface area contributed by atoms with Gasteiger partial charge in [-0.3, -0.25) is 9.59 Å². The second-order valence-corrected chi connectivity index (χ2v) is 6.39. The largest absolute Gasteiger partial charge is 0.481 e. The van der Waals surface area contributed by atoms with Crippen LogP contribution in [0.25, 0.3) is 0 Å². The number of carboxylic acids is 1. The second-order valence-electron chi connectivity index (χ2n) is 6.39. The summed E-state index contributed by atoms with van der Waals surface area (Å²) in [6.45, 7) is 11.7. The van der Waals surface area contributed by atoms with Crippen molar-refractivity contribution < 1.29 is 24.2 Å². The number of carboxylic acid groups (broad SMARTS) is 1. The second kappa shape index (κ2) is 7.63. The number of carbonyl (C=O) groups is 2. The van der Waals surface area contributed by atoms with Gasteiger partial charge in [0.2, 0.25) is 5.91 Å². The fourth-order valence-corrected chi connectivity index (χ4v) is 2.35. The zero-order chi connectivity index (χ0) is 16.9. The SMILES string of the molecule is C=C(C)OCOC1CCN(C(=O)C(C)(C)CC)CC1C(=O)O. The first-order valence-electron chi connectivity index (χ1n) is 7.61. The van der Waals surface area contributed by atoms with Crippen LogP contribution in [0.4, 0.5) is 0 Å². The molecule has 2 unspecified atom stereocenters. The molecule has 0 aliphatic carbocycles. The molecule has 1 amide bonds. The quantitative estimate of drug-likeness (QED) is 0.576. The fraction of sp³-hybridized carbons (Fsp3) is 0.750. The Hall–Kier alpha value is -1.56. The summed E-state index contributed by atoms with van der Waals surface area (Å²) >= 11 is 0. The molecule has 6 heteroatoms. The molecule has 2 atom stereocenters. The smallest absolute Gasteiger partial charge is 0.310 e. The Morgan fingerprint density at radius 1 is 1.41 bits per heavy atom. The molecule has 1 saturated heterocycles. The highest BCUT2D eigenvalue weighted by atomic mass is 16.7. The monoisotopic (exact) mass is 313 g/mol. The molecule has 6 nitrogen and oxygen atoms in total. The Kier molecular flexibility index (Phi) is 6.41. The molecule has 1 aliphatic rings. The van der Waals surface area contributed by atoms with Gasteiger partial charge in [0, 0.05) is 18.5 Å². The van der Waals surface area contributed by atoms with Gasteiger partial charge in [-0.25, -0.2) is 0 Å². The van der Waals surface area contributed by atoms with Gasteiger partial charge in [0.15, 0.2) is 6.79 Å². The molecule has 126 valence electrons. The number of hydrogen-bond donors (Lipinski definition) is 1. The number of aliphatic carboxylic acids is 1. The van der Waals surface area contributed by atoms with Crippen LogP contribution in [0.1, 0.15) is 40.5 Å². The van der Waals surface area contributed by atoms with E-state index in [1.807, 2.05) is 20.8 Å². The van der Waals surface area contributed by atoms with Crippen LogP contribution in [-0.4, -0.2) is 47.9 Å². The summed E-state index contributed by atoms with van der Waals surface area (Å²) in [6.07, 6.45) is 0.750. The minimum atomic E-state index is -0.952. The van der Waals surface area contributed by atoms with Gasteiger partial charge in [-0.2, -0.15) is 0 Å². The van der Waals surface area contributed by atoms with Crippen LogP contribution in [-0.2, 0) is 19.1 Å². The van der Waals surface area contributed by atoms with Gasteiger partial charge in [0.05, 0.1) is 11.9 Å². The maximum Gasteiger partial charge on any atom is 0.310 e. The highest BCUT2D eigenvalue weighted by Gasteiger charge is 2.40. The van der Waals surface area contributed by atoms with Crippen molar-refractivity contribution in [1.29, 1.82) is 0 Å². The molecular formula is C16H27NO5. The lowest BCUT2D eigenvalue weighted by Gasteiger charge is -2.39. The standard InChI is InChI=1S/C16H27NO5/c1-6-16(4,5)15(20)17-8-7-13(12(9-17)14(18)19)22-10-21-11(2)3/h12-13H,2,6-10H2,1,3-5H3,(H,18,19). The molecule has 0 spiro atoms. The van der Waals surface area contributed by atoms with Crippen molar-refractivity contribution in [3.63, 3.8) is 0 Å². The maximum absolute atomic E-state index is 12.5. The molecular weight excluding hydrogens is 286 g/mol. The van der Waals surface area contributed by atoms with Crippen molar-refractivity contribution in [2.75, 3.05) is 19.9 Å². The van der Waals surface area contributed by atoms with Gasteiger partial charge >= 0.3 is 5.97 Å². The van der Waals surface area contributed by atoms with Gasteiger partial charge < -0.3 is 19.5 Å². The van der Waals surface area contributed by atoms with Crippen molar-refractivity contribution in [3.8, 4) is 0 Å². The van der Waals surface area contributed by atoms with Crippen LogP contribution >= 0.6 is 0 Å². The summed E-state index contributed by atoms with van der Waals surface area (Å²) in [5.41, 5.74) is -0.472. The Balaban J connectivity index is 2.69. The molecule has 0 bridgehead atoms. The number of likely N-dealkylation sites (tertiary alicyclic amines) is 1. The van der Waals surface area contributed by atoms with Crippen LogP contribution < -0.4 is 0 Å². The summed E-state index contributed by atoms with van der Waals surface area (Å²) in [7, 11) is 0. The van der Waals surface area contributed by atoms with E-state index in [4.69, 9.17) is 9.47 Å². The lowest BCUT2D eigenvalue weighted by molar-refractivity contribution is -0.163. The number of nitrogens with zero attached hydrogens (tertiary/aromatic N) is 1. The predicted molar refractivity (Wildman–Crippen MR) is 82.0 cm³/mol. The summed E-state index contributed by atoms with van der Waals surface area (Å²) in [4.78, 5) is 25.6. The van der Waals surface area contributed by atoms with Gasteiger partial charge in [-0.05, 0) is 19.8 Å². The Bertz CT molecular complexity index is 432. The van der Waals surface area contributed by atoms with Gasteiger partial charge in [-0.15, -0.1) is 0 Å². The van der Waals surface area contributed by atoms with Gasteiger partial charge in [-0.1, -0.05) is 27.4 Å². The first-order chi connectivity index (χ1) is 10.2. The summed E-state index contributed by atoms with van der Waals surface area (Å²) in [5, 5.41) is 9.40.